The SMILES string of the molecule is Cc1cc(C(=O)Nc2nnn(C)n2)ccc1[N+](=O)[O-]. The van der Waals surface area contributed by atoms with Crippen LogP contribution in [0.25, 0.3) is 0 Å². The summed E-state index contributed by atoms with van der Waals surface area (Å²) in [7, 11) is 1.57. The quantitative estimate of drug-likeness (QED) is 0.642. The Bertz CT molecular complexity index is 650. The number of hydrogen-bond donors (Lipinski definition) is 1. The van der Waals surface area contributed by atoms with Crippen molar-refractivity contribution in [3.05, 3.63) is 39.4 Å². The van der Waals surface area contributed by atoms with Crippen LogP contribution in [-0.2, 0) is 7.05 Å². The number of anilines is 1. The first-order chi connectivity index (χ1) is 8.97. The fourth-order valence-electron chi connectivity index (χ4n) is 1.51. The Morgan fingerprint density at radius 2 is 2.21 bits per heavy atom. The van der Waals surface area contributed by atoms with Gasteiger partial charge in [0.1, 0.15) is 0 Å². The Hall–Kier alpha value is -2.84. The van der Waals surface area contributed by atoms with Gasteiger partial charge in [-0.3, -0.25) is 20.2 Å². The summed E-state index contributed by atoms with van der Waals surface area (Å²) in [5, 5.41) is 24.1. The van der Waals surface area contributed by atoms with Gasteiger partial charge in [-0.05, 0) is 24.3 Å². The third kappa shape index (κ3) is 2.70. The highest BCUT2D eigenvalue weighted by Crippen LogP contribution is 2.19. The van der Waals surface area contributed by atoms with Crippen molar-refractivity contribution in [2.75, 3.05) is 5.32 Å². The van der Waals surface area contributed by atoms with E-state index in [0.29, 0.717) is 5.56 Å². The molecular formula is C10H10N6O3. The molecule has 0 aliphatic carbocycles. The second-order valence-corrected chi connectivity index (χ2v) is 3.81. The van der Waals surface area contributed by atoms with Gasteiger partial charge < -0.3 is 0 Å². The van der Waals surface area contributed by atoms with Crippen molar-refractivity contribution in [2.24, 2.45) is 7.05 Å². The van der Waals surface area contributed by atoms with Crippen molar-refractivity contribution in [3.63, 3.8) is 0 Å². The molecule has 1 amide bonds. The second kappa shape index (κ2) is 4.80. The highest BCUT2D eigenvalue weighted by atomic mass is 16.6. The summed E-state index contributed by atoms with van der Waals surface area (Å²) in [5.74, 6) is -0.380. The van der Waals surface area contributed by atoms with E-state index in [2.05, 4.69) is 20.7 Å². The summed E-state index contributed by atoms with van der Waals surface area (Å²) < 4.78 is 0. The first kappa shape index (κ1) is 12.6. The van der Waals surface area contributed by atoms with Crippen LogP contribution in [-0.4, -0.2) is 31.0 Å². The number of amides is 1. The first-order valence-corrected chi connectivity index (χ1v) is 5.28. The number of hydrogen-bond acceptors (Lipinski definition) is 6. The molecule has 0 unspecified atom stereocenters. The number of rotatable bonds is 3. The molecule has 0 saturated carbocycles. The topological polar surface area (TPSA) is 116 Å². The second-order valence-electron chi connectivity index (χ2n) is 3.81. The van der Waals surface area contributed by atoms with Gasteiger partial charge in [0, 0.05) is 17.2 Å². The maximum absolute atomic E-state index is 11.9. The molecule has 1 aromatic heterocycles. The molecule has 0 atom stereocenters. The molecule has 9 heteroatoms. The molecule has 1 N–H and O–H groups in total. The van der Waals surface area contributed by atoms with Gasteiger partial charge in [-0.15, -0.1) is 5.10 Å². The van der Waals surface area contributed by atoms with Crippen LogP contribution in [0.5, 0.6) is 0 Å². The summed E-state index contributed by atoms with van der Waals surface area (Å²) in [6.07, 6.45) is 0. The number of carbonyl (C=O) groups is 1. The van der Waals surface area contributed by atoms with Crippen LogP contribution < -0.4 is 5.32 Å². The van der Waals surface area contributed by atoms with E-state index >= 15 is 0 Å². The lowest BCUT2D eigenvalue weighted by atomic mass is 10.1. The molecule has 0 fully saturated rings. The number of tetrazole rings is 1. The van der Waals surface area contributed by atoms with Gasteiger partial charge in [0.2, 0.25) is 0 Å². The minimum Gasteiger partial charge on any atom is -0.288 e. The smallest absolute Gasteiger partial charge is 0.272 e. The summed E-state index contributed by atoms with van der Waals surface area (Å²) in [6.45, 7) is 1.56. The molecule has 0 saturated heterocycles. The van der Waals surface area contributed by atoms with Crippen LogP contribution >= 0.6 is 0 Å². The van der Waals surface area contributed by atoms with Crippen LogP contribution in [0.4, 0.5) is 11.6 Å². The van der Waals surface area contributed by atoms with Gasteiger partial charge in [0.25, 0.3) is 17.5 Å². The minimum absolute atomic E-state index is 0.0332. The average Bonchev–Trinajstić information content (AvgIpc) is 2.74. The average molecular weight is 262 g/mol. The fourth-order valence-corrected chi connectivity index (χ4v) is 1.51. The molecule has 1 aromatic carbocycles. The van der Waals surface area contributed by atoms with Gasteiger partial charge in [-0.2, -0.15) is 4.80 Å². The van der Waals surface area contributed by atoms with Gasteiger partial charge in [-0.25, -0.2) is 0 Å². The number of aromatic nitrogens is 4. The van der Waals surface area contributed by atoms with E-state index in [4.69, 9.17) is 0 Å². The van der Waals surface area contributed by atoms with E-state index in [-0.39, 0.29) is 17.2 Å². The Kier molecular flexibility index (Phi) is 3.19. The highest BCUT2D eigenvalue weighted by Gasteiger charge is 2.15. The summed E-state index contributed by atoms with van der Waals surface area (Å²) >= 11 is 0. The highest BCUT2D eigenvalue weighted by molar-refractivity contribution is 6.03. The Morgan fingerprint density at radius 1 is 1.47 bits per heavy atom. The lowest BCUT2D eigenvalue weighted by Gasteiger charge is -2.02. The zero-order valence-corrected chi connectivity index (χ0v) is 10.2. The molecule has 0 aliphatic rings. The summed E-state index contributed by atoms with van der Waals surface area (Å²) in [5.41, 5.74) is 0.662. The van der Waals surface area contributed by atoms with Crippen molar-refractivity contribution >= 4 is 17.5 Å². The molecule has 0 radical (unpaired) electrons. The molecule has 0 aliphatic heterocycles. The predicted molar refractivity (Wildman–Crippen MR) is 64.6 cm³/mol. The molecular weight excluding hydrogens is 252 g/mol. The maximum Gasteiger partial charge on any atom is 0.272 e. The van der Waals surface area contributed by atoms with Gasteiger partial charge in [-0.1, -0.05) is 5.10 Å². The normalized spacial score (nSPS) is 10.2. The molecule has 9 nitrogen and oxygen atoms in total. The molecule has 2 rings (SSSR count). The number of carbonyl (C=O) groups excluding carboxylic acids is 1. The zero-order chi connectivity index (χ0) is 14.0. The van der Waals surface area contributed by atoms with Crippen molar-refractivity contribution in [1.29, 1.82) is 0 Å². The largest absolute Gasteiger partial charge is 0.288 e. The Balaban J connectivity index is 2.20. The Labute approximate surface area is 107 Å². The van der Waals surface area contributed by atoms with Crippen molar-refractivity contribution in [1.82, 2.24) is 20.2 Å². The zero-order valence-electron chi connectivity index (χ0n) is 10.2. The minimum atomic E-state index is -0.499. The predicted octanol–water partition coefficient (Wildman–Crippen LogP) is 0.679. The molecule has 1 heterocycles. The van der Waals surface area contributed by atoms with E-state index in [1.165, 1.54) is 23.0 Å². The van der Waals surface area contributed by atoms with Crippen LogP contribution in [0.15, 0.2) is 18.2 Å². The van der Waals surface area contributed by atoms with Gasteiger partial charge in [0.05, 0.1) is 12.0 Å². The number of benzene rings is 1. The maximum atomic E-state index is 11.9. The van der Waals surface area contributed by atoms with Gasteiger partial charge in [0.15, 0.2) is 0 Å². The van der Waals surface area contributed by atoms with E-state index in [9.17, 15) is 14.9 Å². The van der Waals surface area contributed by atoms with E-state index in [1.54, 1.807) is 14.0 Å². The summed E-state index contributed by atoms with van der Waals surface area (Å²) in [6, 6.07) is 4.09. The molecule has 0 spiro atoms. The monoisotopic (exact) mass is 262 g/mol. The van der Waals surface area contributed by atoms with E-state index in [0.717, 1.165) is 0 Å². The van der Waals surface area contributed by atoms with Crippen molar-refractivity contribution in [3.8, 4) is 0 Å². The molecule has 98 valence electrons. The van der Waals surface area contributed by atoms with E-state index < -0.39 is 10.8 Å². The van der Waals surface area contributed by atoms with Crippen LogP contribution in [0.1, 0.15) is 15.9 Å². The van der Waals surface area contributed by atoms with Gasteiger partial charge >= 0.3 is 0 Å². The lowest BCUT2D eigenvalue weighted by molar-refractivity contribution is -0.385. The number of nitro benzene ring substituents is 1. The third-order valence-electron chi connectivity index (χ3n) is 2.39. The van der Waals surface area contributed by atoms with Crippen LogP contribution in [0, 0.1) is 17.0 Å². The first-order valence-electron chi connectivity index (χ1n) is 5.28. The number of nitro groups is 1. The standard InChI is InChI=1S/C10H10N6O3/c1-6-5-7(3-4-8(6)16(18)19)9(17)11-10-12-14-15(2)13-10/h3-5H,1-2H3,(H,11,13,17). The number of nitrogens with one attached hydrogen (secondary N) is 1. The van der Waals surface area contributed by atoms with Crippen LogP contribution in [0.3, 0.4) is 0 Å². The van der Waals surface area contributed by atoms with E-state index in [1.807, 2.05) is 0 Å². The van der Waals surface area contributed by atoms with Crippen molar-refractivity contribution in [2.45, 2.75) is 6.92 Å². The third-order valence-corrected chi connectivity index (χ3v) is 2.39. The summed E-state index contributed by atoms with van der Waals surface area (Å²) in [4.78, 5) is 23.2. The number of aryl methyl sites for hydroxylation is 2. The van der Waals surface area contributed by atoms with Crippen LogP contribution in [0.2, 0.25) is 0 Å². The lowest BCUT2D eigenvalue weighted by Crippen LogP contribution is -2.13. The van der Waals surface area contributed by atoms with Crippen molar-refractivity contribution < 1.29 is 9.72 Å². The number of nitrogens with zero attached hydrogens (tertiary/aromatic N) is 5. The molecule has 19 heavy (non-hydrogen) atoms. The Morgan fingerprint density at radius 3 is 2.74 bits per heavy atom. The molecule has 2 aromatic rings. The molecule has 0 bridgehead atoms. The fraction of sp³-hybridized carbons (Fsp3) is 0.200.